The molecule has 0 aromatic heterocycles. The number of benzene rings is 1. The Kier molecular flexibility index (Phi) is 12.3. The molecule has 0 radical (unpaired) electrons. The van der Waals surface area contributed by atoms with E-state index in [1.807, 2.05) is 0 Å². The van der Waals surface area contributed by atoms with Crippen molar-refractivity contribution in [1.29, 1.82) is 0 Å². The predicted octanol–water partition coefficient (Wildman–Crippen LogP) is 1.36. The number of esters is 2. The van der Waals surface area contributed by atoms with Crippen molar-refractivity contribution in [3.8, 4) is 0 Å². The highest BCUT2D eigenvalue weighted by Crippen LogP contribution is 2.10. The second-order valence-corrected chi connectivity index (χ2v) is 8.03. The molecule has 190 valence electrons. The summed E-state index contributed by atoms with van der Waals surface area (Å²) in [7, 11) is 0. The van der Waals surface area contributed by atoms with Crippen LogP contribution in [0.5, 0.6) is 0 Å². The maximum Gasteiger partial charge on any atom is 0.338 e. The second-order valence-electron chi connectivity index (χ2n) is 8.03. The zero-order valence-electron chi connectivity index (χ0n) is 19.4. The first-order chi connectivity index (χ1) is 16.7. The summed E-state index contributed by atoms with van der Waals surface area (Å²) in [6.45, 7) is 7.16. The molecule has 2 aliphatic rings. The van der Waals surface area contributed by atoms with E-state index in [-0.39, 0.29) is 26.4 Å². The standard InChI is InChI=1S/C24H34O10/c25-23(33-11-9-27-5-7-29-13-19-15-31-16-19)21-1-2-22(4-3-21)24(26)34-12-10-28-6-8-30-14-20-17-32-18-20/h1-4,19-20H,5-18H2. The van der Waals surface area contributed by atoms with Gasteiger partial charge in [-0.3, -0.25) is 0 Å². The average Bonchev–Trinajstić information content (AvgIpc) is 2.79. The fourth-order valence-electron chi connectivity index (χ4n) is 3.00. The molecule has 2 fully saturated rings. The summed E-state index contributed by atoms with van der Waals surface area (Å²) < 4.78 is 42.2. The highest BCUT2D eigenvalue weighted by Gasteiger charge is 2.18. The van der Waals surface area contributed by atoms with Crippen molar-refractivity contribution in [3.05, 3.63) is 35.4 Å². The summed E-state index contributed by atoms with van der Waals surface area (Å²) in [6, 6.07) is 6.11. The van der Waals surface area contributed by atoms with E-state index in [0.29, 0.717) is 62.6 Å². The van der Waals surface area contributed by atoms with E-state index >= 15 is 0 Å². The molecule has 0 spiro atoms. The van der Waals surface area contributed by atoms with Crippen molar-refractivity contribution >= 4 is 11.9 Å². The van der Waals surface area contributed by atoms with Crippen LogP contribution in [0, 0.1) is 11.8 Å². The van der Waals surface area contributed by atoms with E-state index in [1.165, 1.54) is 24.3 Å². The smallest absolute Gasteiger partial charge is 0.338 e. The third-order valence-corrected chi connectivity index (χ3v) is 5.14. The minimum Gasteiger partial charge on any atom is -0.460 e. The molecule has 0 N–H and O–H groups in total. The van der Waals surface area contributed by atoms with Crippen LogP contribution in [-0.2, 0) is 37.9 Å². The predicted molar refractivity (Wildman–Crippen MR) is 119 cm³/mol. The SMILES string of the molecule is O=C(OCCOCCOCC1COC1)c1ccc(C(=O)OCCOCCOCC2COC2)cc1. The van der Waals surface area contributed by atoms with Gasteiger partial charge in [-0.1, -0.05) is 0 Å². The minimum atomic E-state index is -0.481. The van der Waals surface area contributed by atoms with Gasteiger partial charge in [-0.2, -0.15) is 0 Å². The van der Waals surface area contributed by atoms with Crippen molar-refractivity contribution < 1.29 is 47.5 Å². The van der Waals surface area contributed by atoms with Crippen LogP contribution in [0.2, 0.25) is 0 Å². The normalized spacial score (nSPS) is 16.0. The molecule has 3 rings (SSSR count). The van der Waals surface area contributed by atoms with Crippen LogP contribution >= 0.6 is 0 Å². The monoisotopic (exact) mass is 482 g/mol. The molecule has 0 unspecified atom stereocenters. The number of carbonyl (C=O) groups excluding carboxylic acids is 2. The summed E-state index contributed by atoms with van der Waals surface area (Å²) >= 11 is 0. The quantitative estimate of drug-likeness (QED) is 0.225. The van der Waals surface area contributed by atoms with Gasteiger partial charge >= 0.3 is 11.9 Å². The highest BCUT2D eigenvalue weighted by atomic mass is 16.6. The Bertz CT molecular complexity index is 654. The van der Waals surface area contributed by atoms with Gasteiger partial charge in [0.15, 0.2) is 0 Å². The number of hydrogen-bond acceptors (Lipinski definition) is 10. The Morgan fingerprint density at radius 1 is 0.588 bits per heavy atom. The summed E-state index contributed by atoms with van der Waals surface area (Å²) in [6.07, 6.45) is 0. The Hall–Kier alpha value is -2.08. The third-order valence-electron chi connectivity index (χ3n) is 5.14. The molecule has 0 atom stereocenters. The molecule has 2 heterocycles. The molecular formula is C24H34O10. The van der Waals surface area contributed by atoms with Gasteiger partial charge in [-0.05, 0) is 24.3 Å². The lowest BCUT2D eigenvalue weighted by molar-refractivity contribution is -0.0782. The molecule has 0 saturated carbocycles. The Morgan fingerprint density at radius 2 is 0.941 bits per heavy atom. The Labute approximate surface area is 199 Å². The van der Waals surface area contributed by atoms with Gasteiger partial charge < -0.3 is 37.9 Å². The molecule has 0 aliphatic carbocycles. The van der Waals surface area contributed by atoms with E-state index in [1.54, 1.807) is 0 Å². The molecule has 1 aromatic carbocycles. The third kappa shape index (κ3) is 10.0. The van der Waals surface area contributed by atoms with Gasteiger partial charge in [0.2, 0.25) is 0 Å². The maximum absolute atomic E-state index is 12.1. The van der Waals surface area contributed by atoms with Crippen molar-refractivity contribution in [2.75, 3.05) is 92.5 Å². The van der Waals surface area contributed by atoms with E-state index in [0.717, 1.165) is 26.4 Å². The second kappa shape index (κ2) is 15.8. The van der Waals surface area contributed by atoms with Crippen LogP contribution in [0.25, 0.3) is 0 Å². The van der Waals surface area contributed by atoms with Crippen LogP contribution in [0.15, 0.2) is 24.3 Å². The zero-order valence-corrected chi connectivity index (χ0v) is 19.4. The van der Waals surface area contributed by atoms with Gasteiger partial charge in [0.05, 0.1) is 90.4 Å². The number of hydrogen-bond donors (Lipinski definition) is 0. The van der Waals surface area contributed by atoms with Crippen molar-refractivity contribution in [1.82, 2.24) is 0 Å². The maximum atomic E-state index is 12.1. The van der Waals surface area contributed by atoms with Crippen molar-refractivity contribution in [2.24, 2.45) is 11.8 Å². The summed E-state index contributed by atoms with van der Waals surface area (Å²) in [5, 5.41) is 0. The summed E-state index contributed by atoms with van der Waals surface area (Å²) in [5.74, 6) is 0.0305. The molecule has 10 heteroatoms. The lowest BCUT2D eigenvalue weighted by Crippen LogP contribution is -2.32. The number of rotatable bonds is 18. The fourth-order valence-corrected chi connectivity index (χ4v) is 3.00. The minimum absolute atomic E-state index is 0.138. The first-order valence-corrected chi connectivity index (χ1v) is 11.6. The molecular weight excluding hydrogens is 448 g/mol. The molecule has 2 aliphatic heterocycles. The van der Waals surface area contributed by atoms with Gasteiger partial charge in [-0.15, -0.1) is 0 Å². The van der Waals surface area contributed by atoms with Crippen LogP contribution in [-0.4, -0.2) is 104 Å². The highest BCUT2D eigenvalue weighted by molar-refractivity contribution is 5.93. The summed E-state index contributed by atoms with van der Waals surface area (Å²) in [5.41, 5.74) is 0.693. The Balaban J connectivity index is 1.16. The average molecular weight is 483 g/mol. The van der Waals surface area contributed by atoms with Gasteiger partial charge in [0, 0.05) is 11.8 Å². The molecule has 10 nitrogen and oxygen atoms in total. The molecule has 34 heavy (non-hydrogen) atoms. The first-order valence-electron chi connectivity index (χ1n) is 11.6. The zero-order chi connectivity index (χ0) is 23.8. The van der Waals surface area contributed by atoms with Crippen molar-refractivity contribution in [3.63, 3.8) is 0 Å². The van der Waals surface area contributed by atoms with Crippen molar-refractivity contribution in [2.45, 2.75) is 0 Å². The Morgan fingerprint density at radius 3 is 1.29 bits per heavy atom. The lowest BCUT2D eigenvalue weighted by atomic mass is 10.1. The van der Waals surface area contributed by atoms with Gasteiger partial charge in [0.1, 0.15) is 13.2 Å². The molecule has 1 aromatic rings. The van der Waals surface area contributed by atoms with Crippen LogP contribution in [0.4, 0.5) is 0 Å². The topological polar surface area (TPSA) is 108 Å². The van der Waals surface area contributed by atoms with Crippen LogP contribution < -0.4 is 0 Å². The van der Waals surface area contributed by atoms with E-state index in [2.05, 4.69) is 0 Å². The van der Waals surface area contributed by atoms with Gasteiger partial charge in [-0.25, -0.2) is 9.59 Å². The molecule has 2 saturated heterocycles. The van der Waals surface area contributed by atoms with Gasteiger partial charge in [0.25, 0.3) is 0 Å². The lowest BCUT2D eigenvalue weighted by Gasteiger charge is -2.25. The van der Waals surface area contributed by atoms with E-state index < -0.39 is 11.9 Å². The summed E-state index contributed by atoms with van der Waals surface area (Å²) in [4.78, 5) is 24.2. The van der Waals surface area contributed by atoms with E-state index in [9.17, 15) is 9.59 Å². The molecule has 0 amide bonds. The van der Waals surface area contributed by atoms with E-state index in [4.69, 9.17) is 37.9 Å². The van der Waals surface area contributed by atoms with Crippen LogP contribution in [0.3, 0.4) is 0 Å². The molecule has 0 bridgehead atoms. The first kappa shape index (κ1) is 26.5. The number of ether oxygens (including phenoxy) is 8. The fraction of sp³-hybridized carbons (Fsp3) is 0.667. The number of carbonyl (C=O) groups is 2. The largest absolute Gasteiger partial charge is 0.460 e. The van der Waals surface area contributed by atoms with Crippen LogP contribution in [0.1, 0.15) is 20.7 Å².